The van der Waals surface area contributed by atoms with E-state index >= 15 is 0 Å². The molecule has 0 atom stereocenters. The smallest absolute Gasteiger partial charge is 0.293 e. The molecule has 1 saturated heterocycles. The van der Waals surface area contributed by atoms with Gasteiger partial charge in [-0.1, -0.05) is 32.0 Å². The average molecular weight is 414 g/mol. The molecule has 0 radical (unpaired) electrons. The van der Waals surface area contributed by atoms with Gasteiger partial charge in [0.2, 0.25) is 5.91 Å². The van der Waals surface area contributed by atoms with E-state index in [1.54, 1.807) is 11.0 Å². The summed E-state index contributed by atoms with van der Waals surface area (Å²) < 4.78 is 1.92. The van der Waals surface area contributed by atoms with E-state index in [0.29, 0.717) is 24.5 Å². The average Bonchev–Trinajstić information content (AvgIpc) is 3.15. The Kier molecular flexibility index (Phi) is 6.47. The van der Waals surface area contributed by atoms with Crippen molar-refractivity contribution in [1.29, 1.82) is 0 Å². The predicted molar refractivity (Wildman–Crippen MR) is 117 cm³/mol. The lowest BCUT2D eigenvalue weighted by molar-refractivity contribution is -0.131. The second kappa shape index (κ2) is 8.86. The molecule has 0 aliphatic carbocycles. The molecule has 1 fully saturated rings. The third-order valence-corrected chi connectivity index (χ3v) is 5.86. The highest BCUT2D eigenvalue weighted by Crippen LogP contribution is 2.34. The lowest BCUT2D eigenvalue weighted by Crippen LogP contribution is -2.33. The molecule has 2 aromatic rings. The van der Waals surface area contributed by atoms with Crippen molar-refractivity contribution in [3.8, 4) is 0 Å². The van der Waals surface area contributed by atoms with Gasteiger partial charge in [0.1, 0.15) is 6.54 Å². The first-order valence-corrected chi connectivity index (χ1v) is 10.8. The molecule has 7 heteroatoms. The van der Waals surface area contributed by atoms with Gasteiger partial charge in [0, 0.05) is 42.3 Å². The third kappa shape index (κ3) is 4.40. The highest BCUT2D eigenvalue weighted by Gasteiger charge is 2.35. The van der Waals surface area contributed by atoms with Crippen LogP contribution in [0.3, 0.4) is 0 Å². The Balaban J connectivity index is 1.95. The summed E-state index contributed by atoms with van der Waals surface area (Å²) in [6.07, 6.45) is 3.66. The molecule has 1 aromatic heterocycles. The fraction of sp³-hybridized carbons (Fsp3) is 0.409. The Bertz CT molecular complexity index is 973. The Morgan fingerprint density at radius 1 is 1.17 bits per heavy atom. The standard InChI is InChI=1S/C22H27N3O3S/c1-5-23(6-2)20(26)14-24-13-16(17-9-7-8-10-18(17)24)11-19-21(27)25(12-15(3)4)22(28)29-19/h7-11,13,15H,5-6,12,14H2,1-4H3/b19-11-. The molecule has 6 nitrogen and oxygen atoms in total. The number of hydrogen-bond acceptors (Lipinski definition) is 4. The van der Waals surface area contributed by atoms with Gasteiger partial charge in [0.25, 0.3) is 11.1 Å². The minimum absolute atomic E-state index is 0.0551. The first kappa shape index (κ1) is 21.2. The number of aromatic nitrogens is 1. The summed E-state index contributed by atoms with van der Waals surface area (Å²) in [7, 11) is 0. The Labute approximate surface area is 175 Å². The van der Waals surface area contributed by atoms with Crippen molar-refractivity contribution >= 4 is 45.8 Å². The number of nitrogens with zero attached hydrogens (tertiary/aromatic N) is 3. The number of fused-ring (bicyclic) bond motifs is 1. The van der Waals surface area contributed by atoms with Crippen LogP contribution in [0.4, 0.5) is 4.79 Å². The Hall–Kier alpha value is -2.54. The van der Waals surface area contributed by atoms with Crippen molar-refractivity contribution in [3.05, 3.63) is 40.9 Å². The van der Waals surface area contributed by atoms with Crippen molar-refractivity contribution < 1.29 is 14.4 Å². The number of thioether (sulfide) groups is 1. The summed E-state index contributed by atoms with van der Waals surface area (Å²) in [6, 6.07) is 7.80. The highest BCUT2D eigenvalue weighted by molar-refractivity contribution is 8.18. The van der Waals surface area contributed by atoms with Crippen LogP contribution in [0.5, 0.6) is 0 Å². The van der Waals surface area contributed by atoms with E-state index in [9.17, 15) is 14.4 Å². The van der Waals surface area contributed by atoms with Gasteiger partial charge >= 0.3 is 0 Å². The van der Waals surface area contributed by atoms with E-state index in [2.05, 4.69) is 0 Å². The minimum Gasteiger partial charge on any atom is -0.342 e. The number of rotatable bonds is 7. The Morgan fingerprint density at radius 3 is 2.52 bits per heavy atom. The van der Waals surface area contributed by atoms with Gasteiger partial charge in [-0.25, -0.2) is 0 Å². The number of benzene rings is 1. The number of imide groups is 1. The largest absolute Gasteiger partial charge is 0.342 e. The molecule has 0 N–H and O–H groups in total. The van der Waals surface area contributed by atoms with Crippen molar-refractivity contribution in [1.82, 2.24) is 14.4 Å². The molecule has 0 unspecified atom stereocenters. The zero-order valence-corrected chi connectivity index (χ0v) is 18.2. The maximum Gasteiger partial charge on any atom is 0.293 e. The normalized spacial score (nSPS) is 15.9. The van der Waals surface area contributed by atoms with Crippen molar-refractivity contribution in [2.75, 3.05) is 19.6 Å². The number of hydrogen-bond donors (Lipinski definition) is 0. The van der Waals surface area contributed by atoms with Crippen LogP contribution in [0, 0.1) is 5.92 Å². The highest BCUT2D eigenvalue weighted by atomic mass is 32.2. The van der Waals surface area contributed by atoms with E-state index in [-0.39, 0.29) is 29.5 Å². The van der Waals surface area contributed by atoms with E-state index < -0.39 is 0 Å². The molecule has 29 heavy (non-hydrogen) atoms. The summed E-state index contributed by atoms with van der Waals surface area (Å²) in [5.41, 5.74) is 1.77. The second-order valence-corrected chi connectivity index (χ2v) is 8.47. The van der Waals surface area contributed by atoms with E-state index in [1.807, 2.05) is 62.7 Å². The van der Waals surface area contributed by atoms with Crippen LogP contribution in [0.2, 0.25) is 0 Å². The maximum atomic E-state index is 12.7. The van der Waals surface area contributed by atoms with E-state index in [0.717, 1.165) is 28.2 Å². The lowest BCUT2D eigenvalue weighted by Gasteiger charge is -2.19. The van der Waals surface area contributed by atoms with Gasteiger partial charge in [-0.3, -0.25) is 19.3 Å². The molecule has 154 valence electrons. The van der Waals surface area contributed by atoms with Gasteiger partial charge in [0.05, 0.1) is 4.91 Å². The van der Waals surface area contributed by atoms with Crippen LogP contribution in [0.15, 0.2) is 35.4 Å². The predicted octanol–water partition coefficient (Wildman–Crippen LogP) is 4.20. The van der Waals surface area contributed by atoms with Gasteiger partial charge in [-0.15, -0.1) is 0 Å². The Morgan fingerprint density at radius 2 is 1.86 bits per heavy atom. The van der Waals surface area contributed by atoms with E-state index in [4.69, 9.17) is 0 Å². The quantitative estimate of drug-likeness (QED) is 0.638. The molecule has 1 aromatic carbocycles. The maximum absolute atomic E-state index is 12.7. The topological polar surface area (TPSA) is 62.6 Å². The third-order valence-electron chi connectivity index (χ3n) is 4.95. The molecule has 0 spiro atoms. The van der Waals surface area contributed by atoms with Crippen LogP contribution < -0.4 is 0 Å². The molecule has 3 amide bonds. The first-order chi connectivity index (χ1) is 13.8. The summed E-state index contributed by atoms with van der Waals surface area (Å²) in [5.74, 6) is 0.0279. The zero-order chi connectivity index (χ0) is 21.1. The number of carbonyl (C=O) groups excluding carboxylic acids is 3. The monoisotopic (exact) mass is 413 g/mol. The first-order valence-electron chi connectivity index (χ1n) is 9.96. The number of amides is 3. The fourth-order valence-corrected chi connectivity index (χ4v) is 4.35. The molecule has 1 aliphatic rings. The summed E-state index contributed by atoms with van der Waals surface area (Å²) in [6.45, 7) is 9.89. The SMILES string of the molecule is CCN(CC)C(=O)Cn1cc(/C=C2\SC(=O)N(CC(C)C)C2=O)c2ccccc21. The molecule has 3 rings (SSSR count). The van der Waals surface area contributed by atoms with Crippen molar-refractivity contribution in [3.63, 3.8) is 0 Å². The van der Waals surface area contributed by atoms with Crippen LogP contribution in [0.1, 0.15) is 33.3 Å². The van der Waals surface area contributed by atoms with Gasteiger partial charge in [0.15, 0.2) is 0 Å². The van der Waals surface area contributed by atoms with Gasteiger partial charge < -0.3 is 9.47 Å². The van der Waals surface area contributed by atoms with Gasteiger partial charge in [-0.05, 0) is 43.7 Å². The molecule has 2 heterocycles. The van der Waals surface area contributed by atoms with Crippen molar-refractivity contribution in [2.45, 2.75) is 34.2 Å². The zero-order valence-electron chi connectivity index (χ0n) is 17.3. The molecular weight excluding hydrogens is 386 g/mol. The number of para-hydroxylation sites is 1. The molecule has 0 saturated carbocycles. The molecule has 1 aliphatic heterocycles. The van der Waals surface area contributed by atoms with Crippen LogP contribution >= 0.6 is 11.8 Å². The van der Waals surface area contributed by atoms with Crippen LogP contribution in [-0.4, -0.2) is 51.1 Å². The van der Waals surface area contributed by atoms with Crippen molar-refractivity contribution in [2.24, 2.45) is 5.92 Å². The summed E-state index contributed by atoms with van der Waals surface area (Å²) in [5, 5.41) is 0.728. The van der Waals surface area contributed by atoms with Crippen LogP contribution in [-0.2, 0) is 16.1 Å². The molecule has 0 bridgehead atoms. The minimum atomic E-state index is -0.246. The fourth-order valence-electron chi connectivity index (χ4n) is 3.51. The second-order valence-electron chi connectivity index (χ2n) is 7.48. The molecular formula is C22H27N3O3S. The summed E-state index contributed by atoms with van der Waals surface area (Å²) in [4.78, 5) is 41.1. The van der Waals surface area contributed by atoms with Crippen LogP contribution in [0.25, 0.3) is 17.0 Å². The summed E-state index contributed by atoms with van der Waals surface area (Å²) >= 11 is 0.977. The number of likely N-dealkylation sites (N-methyl/N-ethyl adjacent to an activating group) is 1. The van der Waals surface area contributed by atoms with Gasteiger partial charge in [-0.2, -0.15) is 0 Å². The number of carbonyl (C=O) groups is 3. The van der Waals surface area contributed by atoms with E-state index in [1.165, 1.54) is 4.90 Å². The lowest BCUT2D eigenvalue weighted by atomic mass is 10.1.